The van der Waals surface area contributed by atoms with Crippen LogP contribution in [0, 0.1) is 5.92 Å². The van der Waals surface area contributed by atoms with Crippen LogP contribution in [0.25, 0.3) is 22.5 Å². The maximum absolute atomic E-state index is 13.2. The van der Waals surface area contributed by atoms with E-state index in [4.69, 9.17) is 0 Å². The Morgan fingerprint density at radius 2 is 1.57 bits per heavy atom. The summed E-state index contributed by atoms with van der Waals surface area (Å²) in [6.07, 6.45) is 6.53. The summed E-state index contributed by atoms with van der Waals surface area (Å²) in [5.41, 5.74) is 3.62. The van der Waals surface area contributed by atoms with Crippen LogP contribution in [-0.2, 0) is 21.4 Å². The Hall–Kier alpha value is -3.82. The van der Waals surface area contributed by atoms with Gasteiger partial charge in [-0.05, 0) is 67.0 Å². The zero-order chi connectivity index (χ0) is 31.4. The van der Waals surface area contributed by atoms with E-state index in [1.165, 1.54) is 36.0 Å². The molecule has 0 saturated heterocycles. The molecule has 1 fully saturated rings. The number of benzene rings is 2. The quantitative estimate of drug-likeness (QED) is 0.157. The van der Waals surface area contributed by atoms with Crippen molar-refractivity contribution in [3.63, 3.8) is 0 Å². The molecule has 4 aromatic rings. The van der Waals surface area contributed by atoms with Crippen molar-refractivity contribution in [2.45, 2.75) is 75.0 Å². The zero-order valence-corrected chi connectivity index (χ0v) is 27.0. The Morgan fingerprint density at radius 1 is 0.932 bits per heavy atom. The van der Waals surface area contributed by atoms with Gasteiger partial charge in [-0.25, -0.2) is 9.97 Å². The van der Waals surface area contributed by atoms with Crippen LogP contribution in [0.5, 0.6) is 0 Å². The summed E-state index contributed by atoms with van der Waals surface area (Å²) < 4.78 is 0. The molecule has 1 aliphatic rings. The van der Waals surface area contributed by atoms with Crippen LogP contribution in [0.3, 0.4) is 0 Å². The lowest BCUT2D eigenvalue weighted by atomic mass is 9.92. The van der Waals surface area contributed by atoms with Crippen LogP contribution >= 0.6 is 23.1 Å². The summed E-state index contributed by atoms with van der Waals surface area (Å²) in [4.78, 5) is 49.9. The number of carboxylic acid groups (broad SMARTS) is 1. The van der Waals surface area contributed by atoms with Gasteiger partial charge in [-0.1, -0.05) is 57.2 Å². The van der Waals surface area contributed by atoms with Crippen LogP contribution in [0.1, 0.15) is 67.1 Å². The van der Waals surface area contributed by atoms with E-state index in [1.807, 2.05) is 60.6 Å². The Bertz CT molecular complexity index is 1620. The number of nitrogens with one attached hydrogen (secondary N) is 1. The third-order valence-electron chi connectivity index (χ3n) is 7.51. The standard InChI is InChI=1S/C35H37N3O4S2/c1-21(34(41)42)38-33(40)25(18-29(39)30-15-16-31(44-30)35(2,3)4)17-22-5-7-24(8-6-22)32-36-19-26(20-37-32)23-9-11-27(12-10-23)43-28-13-14-28/h5-12,15-16,19-21,25,28H,13-14,17-18H2,1-4H3,(H,38,40)(H,41,42)/t21-,25-/m1/s1. The van der Waals surface area contributed by atoms with Gasteiger partial charge in [0.25, 0.3) is 0 Å². The molecule has 2 heterocycles. The number of Topliss-reactive ketones (excluding diaryl/α,β-unsaturated/α-hetero) is 1. The third-order valence-corrected chi connectivity index (χ3v) is 10.4. The lowest BCUT2D eigenvalue weighted by Gasteiger charge is -2.18. The van der Waals surface area contributed by atoms with Crippen molar-refractivity contribution in [2.75, 3.05) is 0 Å². The Labute approximate surface area is 266 Å². The van der Waals surface area contributed by atoms with Gasteiger partial charge < -0.3 is 10.4 Å². The van der Waals surface area contributed by atoms with Crippen molar-refractivity contribution in [1.82, 2.24) is 15.3 Å². The van der Waals surface area contributed by atoms with Gasteiger partial charge in [0.05, 0.1) is 4.88 Å². The highest BCUT2D eigenvalue weighted by Gasteiger charge is 2.27. The number of carbonyl (C=O) groups is 3. The maximum Gasteiger partial charge on any atom is 0.325 e. The minimum atomic E-state index is -1.13. The summed E-state index contributed by atoms with van der Waals surface area (Å²) in [5, 5.41) is 12.6. The average Bonchev–Trinajstić information content (AvgIpc) is 3.66. The number of aliphatic carboxylic acids is 1. The number of amides is 1. The highest BCUT2D eigenvalue weighted by molar-refractivity contribution is 8.00. The number of thiophene rings is 1. The molecule has 1 saturated carbocycles. The van der Waals surface area contributed by atoms with Crippen molar-refractivity contribution in [1.29, 1.82) is 0 Å². The van der Waals surface area contributed by atoms with Gasteiger partial charge >= 0.3 is 5.97 Å². The van der Waals surface area contributed by atoms with Crippen molar-refractivity contribution >= 4 is 40.8 Å². The number of aromatic nitrogens is 2. The van der Waals surface area contributed by atoms with E-state index < -0.39 is 23.8 Å². The molecule has 2 N–H and O–H groups in total. The summed E-state index contributed by atoms with van der Waals surface area (Å²) >= 11 is 3.37. The molecule has 2 aromatic carbocycles. The van der Waals surface area contributed by atoms with E-state index in [1.54, 1.807) is 0 Å². The molecular formula is C35H37N3O4S2. The van der Waals surface area contributed by atoms with Crippen molar-refractivity contribution < 1.29 is 19.5 Å². The van der Waals surface area contributed by atoms with E-state index >= 15 is 0 Å². The number of carboxylic acids is 1. The maximum atomic E-state index is 13.2. The van der Waals surface area contributed by atoms with Gasteiger partial charge in [-0.3, -0.25) is 14.4 Å². The second-order valence-electron chi connectivity index (χ2n) is 12.3. The fraction of sp³-hybridized carbons (Fsp3) is 0.343. The van der Waals surface area contributed by atoms with Gasteiger partial charge in [-0.2, -0.15) is 0 Å². The molecule has 44 heavy (non-hydrogen) atoms. The topological polar surface area (TPSA) is 109 Å². The molecule has 2 aromatic heterocycles. The van der Waals surface area contributed by atoms with E-state index in [2.05, 4.69) is 60.3 Å². The van der Waals surface area contributed by atoms with Crippen molar-refractivity contribution in [3.8, 4) is 22.5 Å². The molecule has 0 aliphatic heterocycles. The SMILES string of the molecule is C[C@@H](NC(=O)[C@@H](CC(=O)c1ccc(C(C)(C)C)s1)Cc1ccc(-c2ncc(-c3ccc(SC4CC4)cc3)cn2)cc1)C(=O)O. The molecule has 0 bridgehead atoms. The summed E-state index contributed by atoms with van der Waals surface area (Å²) in [6.45, 7) is 7.69. The molecule has 0 spiro atoms. The Kier molecular flexibility index (Phi) is 9.65. The zero-order valence-electron chi connectivity index (χ0n) is 25.4. The molecule has 0 unspecified atom stereocenters. The van der Waals surface area contributed by atoms with Crippen molar-refractivity contribution in [2.24, 2.45) is 5.92 Å². The summed E-state index contributed by atoms with van der Waals surface area (Å²) in [7, 11) is 0. The van der Waals surface area contributed by atoms with E-state index in [-0.39, 0.29) is 24.0 Å². The minimum Gasteiger partial charge on any atom is -0.480 e. The number of hydrogen-bond donors (Lipinski definition) is 2. The van der Waals surface area contributed by atoms with Gasteiger partial charge in [0.15, 0.2) is 11.6 Å². The van der Waals surface area contributed by atoms with Crippen LogP contribution < -0.4 is 5.32 Å². The number of nitrogens with zero attached hydrogens (tertiary/aromatic N) is 2. The van der Waals surface area contributed by atoms with Gasteiger partial charge in [0.1, 0.15) is 6.04 Å². The molecular weight excluding hydrogens is 591 g/mol. The first kappa shape index (κ1) is 31.6. The Balaban J connectivity index is 1.27. The van der Waals surface area contributed by atoms with Gasteiger partial charge in [0.2, 0.25) is 5.91 Å². The van der Waals surface area contributed by atoms with E-state index in [9.17, 15) is 19.5 Å². The normalized spacial score (nSPS) is 14.5. The fourth-order valence-corrected chi connectivity index (χ4v) is 6.73. The Morgan fingerprint density at radius 3 is 2.14 bits per heavy atom. The largest absolute Gasteiger partial charge is 0.480 e. The number of rotatable bonds is 12. The minimum absolute atomic E-state index is 0.0190. The summed E-state index contributed by atoms with van der Waals surface area (Å²) in [5.74, 6) is -1.84. The molecule has 1 aliphatic carbocycles. The van der Waals surface area contributed by atoms with Crippen LogP contribution in [-0.4, -0.2) is 44.0 Å². The van der Waals surface area contributed by atoms with Crippen LogP contribution in [0.2, 0.25) is 0 Å². The first-order valence-electron chi connectivity index (χ1n) is 14.8. The fourth-order valence-electron chi connectivity index (χ4n) is 4.67. The first-order chi connectivity index (χ1) is 21.0. The molecule has 7 nitrogen and oxygen atoms in total. The number of ketones is 1. The molecule has 2 atom stereocenters. The highest BCUT2D eigenvalue weighted by Crippen LogP contribution is 2.39. The lowest BCUT2D eigenvalue weighted by molar-refractivity contribution is -0.141. The molecule has 0 radical (unpaired) electrons. The predicted octanol–water partition coefficient (Wildman–Crippen LogP) is 7.45. The third kappa shape index (κ3) is 8.21. The van der Waals surface area contributed by atoms with Crippen molar-refractivity contribution in [3.05, 3.63) is 88.4 Å². The monoisotopic (exact) mass is 627 g/mol. The van der Waals surface area contributed by atoms with Gasteiger partial charge in [-0.15, -0.1) is 23.1 Å². The second-order valence-corrected chi connectivity index (χ2v) is 14.8. The number of thioether (sulfide) groups is 1. The van der Waals surface area contributed by atoms with Crippen LogP contribution in [0.4, 0.5) is 0 Å². The molecule has 228 valence electrons. The summed E-state index contributed by atoms with van der Waals surface area (Å²) in [6, 6.07) is 18.8. The molecule has 5 rings (SSSR count). The van der Waals surface area contributed by atoms with E-state index in [0.717, 1.165) is 32.4 Å². The number of carbonyl (C=O) groups excluding carboxylic acids is 2. The van der Waals surface area contributed by atoms with E-state index in [0.29, 0.717) is 10.7 Å². The predicted molar refractivity (Wildman–Crippen MR) is 176 cm³/mol. The highest BCUT2D eigenvalue weighted by atomic mass is 32.2. The lowest BCUT2D eigenvalue weighted by Crippen LogP contribution is -2.42. The molecule has 9 heteroatoms. The molecule has 1 amide bonds. The van der Waals surface area contributed by atoms with Crippen LogP contribution in [0.15, 0.2) is 78.0 Å². The van der Waals surface area contributed by atoms with Gasteiger partial charge in [0, 0.05) is 50.9 Å². The smallest absolute Gasteiger partial charge is 0.325 e. The first-order valence-corrected chi connectivity index (χ1v) is 16.5. The average molecular weight is 628 g/mol. The number of hydrogen-bond acceptors (Lipinski definition) is 7. The second kappa shape index (κ2) is 13.4.